The van der Waals surface area contributed by atoms with E-state index >= 15 is 0 Å². The number of alkyl halides is 5. The molecule has 258 valence electrons. The maximum Gasteiger partial charge on any atom is 0.420 e. The Kier molecular flexibility index (Phi) is 10.9. The lowest BCUT2D eigenvalue weighted by Gasteiger charge is -2.34. The number of hydrogen-bond acceptors (Lipinski definition) is 3. The van der Waals surface area contributed by atoms with Crippen molar-refractivity contribution in [2.24, 2.45) is 5.92 Å². The van der Waals surface area contributed by atoms with Crippen LogP contribution in [-0.2, 0) is 5.92 Å². The molecular formula is C40H42F5N3O. The second-order valence-corrected chi connectivity index (χ2v) is 13.2. The fraction of sp³-hybridized carbons (Fsp3) is 0.375. The van der Waals surface area contributed by atoms with E-state index in [1.54, 1.807) is 37.3 Å². The number of unbranched alkanes of at least 4 members (excludes halogenated alkanes) is 1. The van der Waals surface area contributed by atoms with Crippen molar-refractivity contribution in [3.8, 4) is 0 Å². The van der Waals surface area contributed by atoms with Crippen molar-refractivity contribution < 1.29 is 26.7 Å². The minimum absolute atomic E-state index is 0.0175. The summed E-state index contributed by atoms with van der Waals surface area (Å²) in [4.78, 5) is 15.5. The number of aryl methyl sites for hydroxylation is 1. The van der Waals surface area contributed by atoms with Crippen molar-refractivity contribution in [2.75, 3.05) is 18.4 Å². The first kappa shape index (κ1) is 35.8. The van der Waals surface area contributed by atoms with Crippen LogP contribution in [0.1, 0.15) is 91.4 Å². The maximum absolute atomic E-state index is 13.9. The van der Waals surface area contributed by atoms with Gasteiger partial charge in [0.2, 0.25) is 0 Å². The van der Waals surface area contributed by atoms with E-state index in [9.17, 15) is 26.7 Å². The van der Waals surface area contributed by atoms with Crippen LogP contribution in [0.5, 0.6) is 0 Å². The van der Waals surface area contributed by atoms with Gasteiger partial charge in [0.25, 0.3) is 11.8 Å². The van der Waals surface area contributed by atoms with Gasteiger partial charge in [0.1, 0.15) is 0 Å². The molecule has 1 amide bonds. The first-order valence-electron chi connectivity index (χ1n) is 16.7. The summed E-state index contributed by atoms with van der Waals surface area (Å²) in [6, 6.07) is 19.3. The Morgan fingerprint density at radius 2 is 1.71 bits per heavy atom. The van der Waals surface area contributed by atoms with E-state index < -0.39 is 17.7 Å². The van der Waals surface area contributed by atoms with Gasteiger partial charge in [0.05, 0.1) is 5.57 Å². The van der Waals surface area contributed by atoms with Crippen molar-refractivity contribution >= 4 is 29.1 Å². The molecule has 1 heterocycles. The van der Waals surface area contributed by atoms with Gasteiger partial charge in [-0.2, -0.15) is 13.2 Å². The molecule has 0 spiro atoms. The number of piperidine rings is 1. The predicted octanol–water partition coefficient (Wildman–Crippen LogP) is 11.2. The number of halogens is 5. The van der Waals surface area contributed by atoms with Gasteiger partial charge in [-0.3, -0.25) is 4.79 Å². The molecule has 1 fully saturated rings. The fourth-order valence-corrected chi connectivity index (χ4v) is 6.50. The van der Waals surface area contributed by atoms with E-state index in [1.165, 1.54) is 23.3 Å². The zero-order valence-corrected chi connectivity index (χ0v) is 28.1. The molecule has 1 aliphatic heterocycles. The first-order valence-corrected chi connectivity index (χ1v) is 16.7. The number of carbonyl (C=O) groups excluding carboxylic acids is 1. The minimum atomic E-state index is -4.28. The quantitative estimate of drug-likeness (QED) is 0.0869. The number of hydrogen-bond donors (Lipinski definition) is 2. The Labute approximate surface area is 284 Å². The zero-order valence-electron chi connectivity index (χ0n) is 28.1. The molecule has 0 atom stereocenters. The SMILES string of the molecule is CC(=N)c1cc(C(=O)N2CCC(/C(=C/c3ccccc3C)CCCCC3=C=C(C(F)(F)F)C3)CC2)ccc1Nc1cccc(C(C)(F)F)c1. The van der Waals surface area contributed by atoms with Gasteiger partial charge in [0.15, 0.2) is 0 Å². The summed E-state index contributed by atoms with van der Waals surface area (Å²) in [5.74, 6) is -2.83. The molecule has 3 aromatic carbocycles. The van der Waals surface area contributed by atoms with Gasteiger partial charge in [0, 0.05) is 60.2 Å². The Bertz CT molecular complexity index is 1800. The Morgan fingerprint density at radius 3 is 2.37 bits per heavy atom. The summed E-state index contributed by atoms with van der Waals surface area (Å²) in [5.41, 5.74) is 8.40. The third-order valence-corrected chi connectivity index (χ3v) is 9.41. The number of rotatable bonds is 12. The van der Waals surface area contributed by atoms with Crippen LogP contribution in [0.2, 0.25) is 0 Å². The summed E-state index contributed by atoms with van der Waals surface area (Å²) < 4.78 is 66.2. The lowest BCUT2D eigenvalue weighted by Crippen LogP contribution is -2.39. The Morgan fingerprint density at radius 1 is 1.00 bits per heavy atom. The average Bonchev–Trinajstić information content (AvgIpc) is 3.03. The van der Waals surface area contributed by atoms with Gasteiger partial charge >= 0.3 is 6.18 Å². The summed E-state index contributed by atoms with van der Waals surface area (Å²) >= 11 is 0. The van der Waals surface area contributed by atoms with E-state index in [2.05, 4.69) is 36.2 Å². The molecule has 0 aromatic heterocycles. The summed E-state index contributed by atoms with van der Waals surface area (Å²) in [5, 5.41) is 11.5. The number of carbonyl (C=O) groups is 1. The van der Waals surface area contributed by atoms with Crippen LogP contribution in [0.4, 0.5) is 33.3 Å². The van der Waals surface area contributed by atoms with Gasteiger partial charge in [-0.05, 0) is 105 Å². The van der Waals surface area contributed by atoms with E-state index in [0.29, 0.717) is 42.0 Å². The third kappa shape index (κ3) is 9.15. The lowest BCUT2D eigenvalue weighted by atomic mass is 9.84. The number of likely N-dealkylation sites (tertiary alicyclic amines) is 1. The molecule has 2 N–H and O–H groups in total. The molecule has 49 heavy (non-hydrogen) atoms. The topological polar surface area (TPSA) is 56.2 Å². The van der Waals surface area contributed by atoms with Crippen LogP contribution in [0.25, 0.3) is 6.08 Å². The first-order chi connectivity index (χ1) is 23.2. The molecule has 1 saturated heterocycles. The van der Waals surface area contributed by atoms with Crippen molar-refractivity contribution in [1.29, 1.82) is 5.41 Å². The zero-order chi connectivity index (χ0) is 35.3. The van der Waals surface area contributed by atoms with Gasteiger partial charge in [-0.1, -0.05) is 48.0 Å². The molecule has 9 heteroatoms. The van der Waals surface area contributed by atoms with E-state index in [0.717, 1.165) is 50.2 Å². The van der Waals surface area contributed by atoms with Crippen molar-refractivity contribution in [3.05, 3.63) is 117 Å². The molecule has 0 radical (unpaired) electrons. The molecule has 0 saturated carbocycles. The number of nitrogens with one attached hydrogen (secondary N) is 2. The van der Waals surface area contributed by atoms with Crippen molar-refractivity contribution in [3.63, 3.8) is 0 Å². The largest absolute Gasteiger partial charge is 0.420 e. The lowest BCUT2D eigenvalue weighted by molar-refractivity contribution is -0.0944. The smallest absolute Gasteiger partial charge is 0.355 e. The van der Waals surface area contributed by atoms with Crippen molar-refractivity contribution in [2.45, 2.75) is 77.8 Å². The standard InChI is InChI=1S/C40H42F5N3O/c1-26-9-4-6-11-30(26)23-31(12-7-5-10-28-21-34(22-28)40(43,44)45)29-17-19-48(20-18-29)38(49)32-15-16-37(36(24-32)27(2)46)47-35-14-8-13-33(25-35)39(3,41)42/h4,6,8-9,11,13-16,23-25,29,46-47H,5,7,10,12,17-21H2,1-3H3/b31-23+,46-27?. The van der Waals surface area contributed by atoms with Crippen LogP contribution in [0.3, 0.4) is 0 Å². The van der Waals surface area contributed by atoms with E-state index in [1.807, 2.05) is 17.0 Å². The van der Waals surface area contributed by atoms with Gasteiger partial charge in [-0.25, -0.2) is 8.78 Å². The predicted molar refractivity (Wildman–Crippen MR) is 186 cm³/mol. The summed E-state index contributed by atoms with van der Waals surface area (Å²) in [6.45, 7) is 5.69. The van der Waals surface area contributed by atoms with Crippen LogP contribution >= 0.6 is 0 Å². The maximum atomic E-state index is 13.9. The molecule has 1 aliphatic carbocycles. The molecule has 4 nitrogen and oxygen atoms in total. The molecule has 2 aliphatic rings. The van der Waals surface area contributed by atoms with Crippen LogP contribution in [0.15, 0.2) is 89.2 Å². The molecule has 0 bridgehead atoms. The van der Waals surface area contributed by atoms with Crippen LogP contribution < -0.4 is 5.32 Å². The van der Waals surface area contributed by atoms with E-state index in [-0.39, 0.29) is 29.5 Å². The monoisotopic (exact) mass is 675 g/mol. The Hall–Kier alpha value is -4.49. The molecule has 5 rings (SSSR count). The third-order valence-electron chi connectivity index (χ3n) is 9.41. The Balaban J connectivity index is 1.24. The van der Waals surface area contributed by atoms with Gasteiger partial charge in [-0.15, -0.1) is 5.73 Å². The van der Waals surface area contributed by atoms with Crippen LogP contribution in [0, 0.1) is 18.3 Å². The second kappa shape index (κ2) is 15.0. The van der Waals surface area contributed by atoms with Crippen LogP contribution in [-0.4, -0.2) is 35.8 Å². The number of amides is 1. The fourth-order valence-electron chi connectivity index (χ4n) is 6.50. The highest BCUT2D eigenvalue weighted by atomic mass is 19.4. The average molecular weight is 676 g/mol. The van der Waals surface area contributed by atoms with Gasteiger partial charge < -0.3 is 15.6 Å². The van der Waals surface area contributed by atoms with E-state index in [4.69, 9.17) is 5.41 Å². The highest BCUT2D eigenvalue weighted by Crippen LogP contribution is 2.38. The molecule has 3 aromatic rings. The number of nitrogens with zero attached hydrogens (tertiary/aromatic N) is 1. The normalized spacial score (nSPS) is 15.8. The van der Waals surface area contributed by atoms with Crippen molar-refractivity contribution in [1.82, 2.24) is 4.90 Å². The number of anilines is 2. The second-order valence-electron chi connectivity index (χ2n) is 13.2. The highest BCUT2D eigenvalue weighted by Gasteiger charge is 2.37. The highest BCUT2D eigenvalue weighted by molar-refractivity contribution is 6.05. The summed E-state index contributed by atoms with van der Waals surface area (Å²) in [7, 11) is 0. The molecular weight excluding hydrogens is 633 g/mol. The number of allylic oxidation sites excluding steroid dienone is 2. The minimum Gasteiger partial charge on any atom is -0.355 e. The molecule has 0 unspecified atom stereocenters. The number of benzene rings is 3. The summed E-state index contributed by atoms with van der Waals surface area (Å²) in [6.07, 6.45) is 2.66.